The van der Waals surface area contributed by atoms with E-state index in [-0.39, 0.29) is 6.10 Å². The summed E-state index contributed by atoms with van der Waals surface area (Å²) in [5.41, 5.74) is 0. The highest BCUT2D eigenvalue weighted by Gasteiger charge is 2.23. The molecule has 1 aliphatic rings. The minimum Gasteiger partial charge on any atom is -0.392 e. The standard InChI is InChI=1S/C14H29NOS/c1-11(2)15(12(3)4)9-10-17-14-8-6-5-7-13(14)16/h11-14,16H,5-10H2,1-4H3. The van der Waals surface area contributed by atoms with Crippen molar-refractivity contribution in [2.24, 2.45) is 0 Å². The van der Waals surface area contributed by atoms with E-state index in [0.717, 1.165) is 18.7 Å². The Balaban J connectivity index is 2.25. The molecule has 2 nitrogen and oxygen atoms in total. The largest absolute Gasteiger partial charge is 0.392 e. The van der Waals surface area contributed by atoms with Gasteiger partial charge in [0.2, 0.25) is 0 Å². The van der Waals surface area contributed by atoms with Gasteiger partial charge in [0.15, 0.2) is 0 Å². The van der Waals surface area contributed by atoms with E-state index >= 15 is 0 Å². The fourth-order valence-corrected chi connectivity index (χ4v) is 4.00. The van der Waals surface area contributed by atoms with E-state index in [9.17, 15) is 5.11 Å². The van der Waals surface area contributed by atoms with Crippen molar-refractivity contribution in [2.45, 2.75) is 76.8 Å². The lowest BCUT2D eigenvalue weighted by atomic mass is 9.97. The second-order valence-corrected chi connectivity index (χ2v) is 7.03. The van der Waals surface area contributed by atoms with Crippen LogP contribution in [-0.2, 0) is 0 Å². The molecule has 0 aromatic rings. The molecule has 0 saturated heterocycles. The molecule has 1 saturated carbocycles. The predicted molar refractivity (Wildman–Crippen MR) is 77.7 cm³/mol. The summed E-state index contributed by atoms with van der Waals surface area (Å²) >= 11 is 1.98. The van der Waals surface area contributed by atoms with Gasteiger partial charge < -0.3 is 5.11 Å². The van der Waals surface area contributed by atoms with Gasteiger partial charge in [0, 0.05) is 29.6 Å². The van der Waals surface area contributed by atoms with Gasteiger partial charge in [-0.3, -0.25) is 4.90 Å². The third-order valence-electron chi connectivity index (χ3n) is 3.68. The molecule has 3 heteroatoms. The first kappa shape index (κ1) is 15.3. The summed E-state index contributed by atoms with van der Waals surface area (Å²) in [6.07, 6.45) is 4.67. The van der Waals surface area contributed by atoms with Gasteiger partial charge in [0.05, 0.1) is 6.10 Å². The van der Waals surface area contributed by atoms with Gasteiger partial charge in [0.1, 0.15) is 0 Å². The van der Waals surface area contributed by atoms with E-state index in [4.69, 9.17) is 0 Å². The Morgan fingerprint density at radius 3 is 2.24 bits per heavy atom. The van der Waals surface area contributed by atoms with Crippen LogP contribution in [0.4, 0.5) is 0 Å². The molecule has 0 spiro atoms. The maximum absolute atomic E-state index is 9.92. The Hall–Kier alpha value is 0.270. The number of thioether (sulfide) groups is 1. The first-order chi connectivity index (χ1) is 8.02. The molecule has 102 valence electrons. The predicted octanol–water partition coefficient (Wildman–Crippen LogP) is 3.14. The van der Waals surface area contributed by atoms with E-state index in [2.05, 4.69) is 32.6 Å². The number of hydrogen-bond acceptors (Lipinski definition) is 3. The van der Waals surface area contributed by atoms with Crippen molar-refractivity contribution >= 4 is 11.8 Å². The van der Waals surface area contributed by atoms with Gasteiger partial charge >= 0.3 is 0 Å². The summed E-state index contributed by atoms with van der Waals surface area (Å²) < 4.78 is 0. The summed E-state index contributed by atoms with van der Waals surface area (Å²) in [5, 5.41) is 10.4. The maximum atomic E-state index is 9.92. The molecule has 2 unspecified atom stereocenters. The molecule has 0 amide bonds. The molecule has 0 bridgehead atoms. The molecule has 17 heavy (non-hydrogen) atoms. The number of rotatable bonds is 6. The van der Waals surface area contributed by atoms with E-state index in [0.29, 0.717) is 17.3 Å². The summed E-state index contributed by atoms with van der Waals surface area (Å²) in [4.78, 5) is 2.53. The van der Waals surface area contributed by atoms with E-state index < -0.39 is 0 Å². The summed E-state index contributed by atoms with van der Waals surface area (Å²) in [6, 6.07) is 1.23. The van der Waals surface area contributed by atoms with Gasteiger partial charge in [-0.1, -0.05) is 12.8 Å². The number of aliphatic hydroxyl groups excluding tert-OH is 1. The van der Waals surface area contributed by atoms with Crippen molar-refractivity contribution in [3.8, 4) is 0 Å². The number of aliphatic hydroxyl groups is 1. The number of nitrogens with zero attached hydrogens (tertiary/aromatic N) is 1. The smallest absolute Gasteiger partial charge is 0.0658 e. The zero-order valence-corrected chi connectivity index (χ0v) is 12.7. The molecule has 0 heterocycles. The Bertz CT molecular complexity index is 200. The quantitative estimate of drug-likeness (QED) is 0.793. The lowest BCUT2D eigenvalue weighted by molar-refractivity contribution is 0.136. The summed E-state index contributed by atoms with van der Waals surface area (Å²) in [6.45, 7) is 10.2. The first-order valence-corrected chi connectivity index (χ1v) is 8.12. The molecule has 0 radical (unpaired) electrons. The van der Waals surface area contributed by atoms with Crippen LogP contribution in [0.25, 0.3) is 0 Å². The lowest BCUT2D eigenvalue weighted by Crippen LogP contribution is -2.39. The number of hydrogen-bond donors (Lipinski definition) is 1. The van der Waals surface area contributed by atoms with Crippen LogP contribution >= 0.6 is 11.8 Å². The molecule has 0 aromatic carbocycles. The van der Waals surface area contributed by atoms with Crippen LogP contribution in [0.3, 0.4) is 0 Å². The third-order valence-corrected chi connectivity index (χ3v) is 5.07. The lowest BCUT2D eigenvalue weighted by Gasteiger charge is -2.32. The minimum absolute atomic E-state index is 0.0553. The molecular weight excluding hydrogens is 230 g/mol. The summed E-state index contributed by atoms with van der Waals surface area (Å²) in [7, 11) is 0. The van der Waals surface area contributed by atoms with Gasteiger partial charge in [-0.25, -0.2) is 0 Å². The van der Waals surface area contributed by atoms with E-state index in [1.165, 1.54) is 19.3 Å². The van der Waals surface area contributed by atoms with Crippen LogP contribution in [0, 0.1) is 0 Å². The normalized spacial score (nSPS) is 26.1. The van der Waals surface area contributed by atoms with E-state index in [1.54, 1.807) is 0 Å². The van der Waals surface area contributed by atoms with E-state index in [1.807, 2.05) is 11.8 Å². The molecular formula is C14H29NOS. The Labute approximate surface area is 111 Å². The fourth-order valence-electron chi connectivity index (χ4n) is 2.69. The van der Waals surface area contributed by atoms with Crippen LogP contribution < -0.4 is 0 Å². The van der Waals surface area contributed by atoms with Crippen LogP contribution in [0.1, 0.15) is 53.4 Å². The van der Waals surface area contributed by atoms with Gasteiger partial charge in [-0.05, 0) is 40.5 Å². The second kappa shape index (κ2) is 7.65. The maximum Gasteiger partial charge on any atom is 0.0658 e. The Morgan fingerprint density at radius 1 is 1.12 bits per heavy atom. The molecule has 2 atom stereocenters. The Morgan fingerprint density at radius 2 is 1.71 bits per heavy atom. The van der Waals surface area contributed by atoms with Gasteiger partial charge in [-0.2, -0.15) is 11.8 Å². The van der Waals surface area contributed by atoms with Gasteiger partial charge in [-0.15, -0.1) is 0 Å². The van der Waals surface area contributed by atoms with Crippen LogP contribution in [-0.4, -0.2) is 45.7 Å². The van der Waals surface area contributed by atoms with Crippen molar-refractivity contribution in [1.29, 1.82) is 0 Å². The van der Waals surface area contributed by atoms with Crippen LogP contribution in [0.2, 0.25) is 0 Å². The average molecular weight is 259 g/mol. The molecule has 0 aromatic heterocycles. The summed E-state index contributed by atoms with van der Waals surface area (Å²) in [5.74, 6) is 1.15. The molecule has 1 rings (SSSR count). The Kier molecular flexibility index (Phi) is 6.90. The highest BCUT2D eigenvalue weighted by atomic mass is 32.2. The van der Waals surface area contributed by atoms with Crippen molar-refractivity contribution in [3.05, 3.63) is 0 Å². The SMILES string of the molecule is CC(C)N(CCSC1CCCCC1O)C(C)C. The monoisotopic (exact) mass is 259 g/mol. The topological polar surface area (TPSA) is 23.5 Å². The van der Waals surface area contributed by atoms with Crippen molar-refractivity contribution in [3.63, 3.8) is 0 Å². The zero-order valence-electron chi connectivity index (χ0n) is 11.9. The van der Waals surface area contributed by atoms with Crippen molar-refractivity contribution in [1.82, 2.24) is 4.90 Å². The van der Waals surface area contributed by atoms with Crippen LogP contribution in [0.5, 0.6) is 0 Å². The molecule has 1 fully saturated rings. The molecule has 0 aliphatic heterocycles. The molecule has 1 N–H and O–H groups in total. The highest BCUT2D eigenvalue weighted by Crippen LogP contribution is 2.28. The second-order valence-electron chi connectivity index (χ2n) is 5.69. The van der Waals surface area contributed by atoms with Crippen LogP contribution in [0.15, 0.2) is 0 Å². The van der Waals surface area contributed by atoms with Gasteiger partial charge in [0.25, 0.3) is 0 Å². The highest BCUT2D eigenvalue weighted by molar-refractivity contribution is 7.99. The van der Waals surface area contributed by atoms with Crippen molar-refractivity contribution in [2.75, 3.05) is 12.3 Å². The van der Waals surface area contributed by atoms with Crippen molar-refractivity contribution < 1.29 is 5.11 Å². The fraction of sp³-hybridized carbons (Fsp3) is 1.00. The average Bonchev–Trinajstić information content (AvgIpc) is 2.25. The zero-order chi connectivity index (χ0) is 12.8. The first-order valence-electron chi connectivity index (χ1n) is 7.07. The third kappa shape index (κ3) is 5.19. The molecule has 1 aliphatic carbocycles. The minimum atomic E-state index is -0.0553.